The Morgan fingerprint density at radius 2 is 2.27 bits per heavy atom. The molecule has 1 fully saturated rings. The maximum atomic E-state index is 12.0. The van der Waals surface area contributed by atoms with E-state index in [1.165, 1.54) is 0 Å². The highest BCUT2D eigenvalue weighted by atomic mass is 32.2. The van der Waals surface area contributed by atoms with E-state index in [0.717, 1.165) is 18.8 Å². The van der Waals surface area contributed by atoms with Gasteiger partial charge in [0.1, 0.15) is 5.92 Å². The minimum atomic E-state index is -0.472. The number of nitrogens with zero attached hydrogens (tertiary/aromatic N) is 2. The van der Waals surface area contributed by atoms with Gasteiger partial charge >= 0.3 is 0 Å². The van der Waals surface area contributed by atoms with Crippen LogP contribution in [0.4, 0.5) is 0 Å². The van der Waals surface area contributed by atoms with Crippen molar-refractivity contribution in [2.24, 2.45) is 11.8 Å². The van der Waals surface area contributed by atoms with Gasteiger partial charge in [-0.2, -0.15) is 17.0 Å². The molecule has 1 rings (SSSR count). The second-order valence-corrected chi connectivity index (χ2v) is 5.86. The largest absolute Gasteiger partial charge is 0.340 e. The Labute approximate surface area is 95.8 Å². The molecule has 0 spiro atoms. The van der Waals surface area contributed by atoms with Crippen LogP contribution in [0.3, 0.4) is 0 Å². The Balaban J connectivity index is 2.63. The van der Waals surface area contributed by atoms with Crippen molar-refractivity contribution in [2.75, 3.05) is 18.8 Å². The zero-order valence-corrected chi connectivity index (χ0v) is 10.4. The Kier molecular flexibility index (Phi) is 4.46. The summed E-state index contributed by atoms with van der Waals surface area (Å²) in [4.78, 5) is 13.9. The van der Waals surface area contributed by atoms with Crippen LogP contribution in [0.5, 0.6) is 0 Å². The first-order valence-corrected chi connectivity index (χ1v) is 6.41. The molecule has 0 aromatic rings. The summed E-state index contributed by atoms with van der Waals surface area (Å²) in [6.45, 7) is 7.55. The maximum Gasteiger partial charge on any atom is 0.240 e. The van der Waals surface area contributed by atoms with Crippen molar-refractivity contribution < 1.29 is 4.79 Å². The molecule has 3 nitrogen and oxygen atoms in total. The van der Waals surface area contributed by atoms with Gasteiger partial charge < -0.3 is 4.90 Å². The van der Waals surface area contributed by atoms with E-state index in [4.69, 9.17) is 5.26 Å². The number of carbonyl (C=O) groups is 1. The summed E-state index contributed by atoms with van der Waals surface area (Å²) in [7, 11) is 0. The normalized spacial score (nSPS) is 23.7. The third-order valence-corrected chi connectivity index (χ3v) is 3.76. The van der Waals surface area contributed by atoms with E-state index >= 15 is 0 Å². The zero-order chi connectivity index (χ0) is 11.4. The van der Waals surface area contributed by atoms with Gasteiger partial charge in [0.2, 0.25) is 5.91 Å². The van der Waals surface area contributed by atoms with Crippen molar-refractivity contribution in [3.05, 3.63) is 0 Å². The highest BCUT2D eigenvalue weighted by Gasteiger charge is 2.29. The highest BCUT2D eigenvalue weighted by molar-refractivity contribution is 7.99. The van der Waals surface area contributed by atoms with Gasteiger partial charge in [0.25, 0.3) is 0 Å². The lowest BCUT2D eigenvalue weighted by Crippen LogP contribution is -2.44. The molecule has 0 aromatic heterocycles. The van der Waals surface area contributed by atoms with Crippen LogP contribution in [0.2, 0.25) is 0 Å². The Bertz CT molecular complexity index is 272. The van der Waals surface area contributed by atoms with Crippen LogP contribution in [0.25, 0.3) is 0 Å². The van der Waals surface area contributed by atoms with Crippen molar-refractivity contribution >= 4 is 17.7 Å². The summed E-state index contributed by atoms with van der Waals surface area (Å²) in [6, 6.07) is 2.12. The molecule has 1 amide bonds. The van der Waals surface area contributed by atoms with Crippen molar-refractivity contribution in [1.82, 2.24) is 4.90 Å². The van der Waals surface area contributed by atoms with Crippen molar-refractivity contribution in [3.8, 4) is 6.07 Å². The summed E-state index contributed by atoms with van der Waals surface area (Å²) in [5.74, 6) is 0.635. The van der Waals surface area contributed by atoms with E-state index in [2.05, 4.69) is 13.0 Å². The molecule has 0 saturated carbocycles. The molecule has 1 aliphatic rings. The number of carbonyl (C=O) groups excluding carboxylic acids is 1. The molecule has 0 aliphatic carbocycles. The molecule has 84 valence electrons. The van der Waals surface area contributed by atoms with Gasteiger partial charge in [-0.25, -0.2) is 0 Å². The van der Waals surface area contributed by atoms with Gasteiger partial charge in [0.05, 0.1) is 6.07 Å². The van der Waals surface area contributed by atoms with Gasteiger partial charge in [-0.05, 0) is 5.92 Å². The minimum absolute atomic E-state index is 0.0136. The Morgan fingerprint density at radius 1 is 1.60 bits per heavy atom. The molecular formula is C11H18N2OS. The van der Waals surface area contributed by atoms with Gasteiger partial charge in [-0.3, -0.25) is 4.79 Å². The number of hydrogen-bond acceptors (Lipinski definition) is 3. The third-order valence-electron chi connectivity index (χ3n) is 2.62. The lowest BCUT2D eigenvalue weighted by atomic mass is 9.96. The average Bonchev–Trinajstić information content (AvgIpc) is 2.18. The maximum absolute atomic E-state index is 12.0. The van der Waals surface area contributed by atoms with Crippen LogP contribution in [-0.4, -0.2) is 34.9 Å². The molecule has 1 saturated heterocycles. The molecule has 2 atom stereocenters. The quantitative estimate of drug-likeness (QED) is 0.720. The second-order valence-electron chi connectivity index (χ2n) is 4.32. The van der Waals surface area contributed by atoms with Crippen LogP contribution in [0, 0.1) is 23.2 Å². The molecule has 0 bridgehead atoms. The van der Waals surface area contributed by atoms with Gasteiger partial charge in [0.15, 0.2) is 0 Å². The van der Waals surface area contributed by atoms with Crippen molar-refractivity contribution in [1.29, 1.82) is 5.26 Å². The van der Waals surface area contributed by atoms with Crippen molar-refractivity contribution in [2.45, 2.75) is 26.0 Å². The Morgan fingerprint density at radius 3 is 2.73 bits per heavy atom. The molecule has 0 radical (unpaired) electrons. The van der Waals surface area contributed by atoms with Crippen molar-refractivity contribution in [3.63, 3.8) is 0 Å². The van der Waals surface area contributed by atoms with Gasteiger partial charge in [0, 0.05) is 24.1 Å². The number of rotatable bonds is 2. The smallest absolute Gasteiger partial charge is 0.240 e. The molecule has 4 heteroatoms. The molecule has 0 aromatic carbocycles. The van der Waals surface area contributed by atoms with E-state index in [0.29, 0.717) is 5.25 Å². The molecule has 2 unspecified atom stereocenters. The first-order chi connectivity index (χ1) is 7.06. The first-order valence-electron chi connectivity index (χ1n) is 5.36. The van der Waals surface area contributed by atoms with E-state index in [9.17, 15) is 4.79 Å². The van der Waals surface area contributed by atoms with Crippen LogP contribution >= 0.6 is 11.8 Å². The summed E-state index contributed by atoms with van der Waals surface area (Å²) in [6.07, 6.45) is 0. The summed E-state index contributed by atoms with van der Waals surface area (Å²) < 4.78 is 0. The lowest BCUT2D eigenvalue weighted by molar-refractivity contribution is -0.134. The number of amides is 1. The molecule has 1 aliphatic heterocycles. The predicted molar refractivity (Wildman–Crippen MR) is 62.4 cm³/mol. The number of hydrogen-bond donors (Lipinski definition) is 0. The fraction of sp³-hybridized carbons (Fsp3) is 0.818. The van der Waals surface area contributed by atoms with E-state index in [1.807, 2.05) is 30.5 Å². The van der Waals surface area contributed by atoms with Gasteiger partial charge in [-0.15, -0.1) is 0 Å². The fourth-order valence-corrected chi connectivity index (χ4v) is 2.72. The lowest BCUT2D eigenvalue weighted by Gasteiger charge is -2.32. The van der Waals surface area contributed by atoms with E-state index in [1.54, 1.807) is 0 Å². The molecule has 15 heavy (non-hydrogen) atoms. The molecular weight excluding hydrogens is 208 g/mol. The molecule has 1 heterocycles. The monoisotopic (exact) mass is 226 g/mol. The Hall–Kier alpha value is -0.690. The minimum Gasteiger partial charge on any atom is -0.340 e. The summed E-state index contributed by atoms with van der Waals surface area (Å²) >= 11 is 1.89. The standard InChI is InChI=1S/C11H18N2OS/c1-8(2)10(6-12)11(14)13-4-5-15-9(3)7-13/h8-10H,4-5,7H2,1-3H3. The third kappa shape index (κ3) is 3.13. The number of thioether (sulfide) groups is 1. The van der Waals surface area contributed by atoms with Crippen LogP contribution in [0.15, 0.2) is 0 Å². The van der Waals surface area contributed by atoms with Gasteiger partial charge in [-0.1, -0.05) is 20.8 Å². The first kappa shape index (κ1) is 12.4. The van der Waals surface area contributed by atoms with Crippen LogP contribution < -0.4 is 0 Å². The molecule has 0 N–H and O–H groups in total. The predicted octanol–water partition coefficient (Wildman–Crippen LogP) is 1.75. The average molecular weight is 226 g/mol. The SMILES string of the molecule is CC1CN(C(=O)C(C#N)C(C)C)CCS1. The van der Waals surface area contributed by atoms with Crippen LogP contribution in [-0.2, 0) is 4.79 Å². The topological polar surface area (TPSA) is 44.1 Å². The van der Waals surface area contributed by atoms with E-state index in [-0.39, 0.29) is 11.8 Å². The van der Waals surface area contributed by atoms with Crippen LogP contribution in [0.1, 0.15) is 20.8 Å². The highest BCUT2D eigenvalue weighted by Crippen LogP contribution is 2.21. The summed E-state index contributed by atoms with van der Waals surface area (Å²) in [5, 5.41) is 9.46. The second kappa shape index (κ2) is 5.41. The number of nitriles is 1. The summed E-state index contributed by atoms with van der Waals surface area (Å²) in [5.41, 5.74) is 0. The zero-order valence-electron chi connectivity index (χ0n) is 9.56. The van der Waals surface area contributed by atoms with E-state index < -0.39 is 5.92 Å². The fourth-order valence-electron chi connectivity index (χ4n) is 1.70.